The molecule has 12 heteroatoms. The van der Waals surface area contributed by atoms with Gasteiger partial charge in [0.15, 0.2) is 0 Å². The predicted molar refractivity (Wildman–Crippen MR) is 277 cm³/mol. The lowest BCUT2D eigenvalue weighted by Crippen LogP contribution is -2.46. The predicted octanol–water partition coefficient (Wildman–Crippen LogP) is 14.5. The van der Waals surface area contributed by atoms with Gasteiger partial charge in [0.05, 0.1) is 5.41 Å². The summed E-state index contributed by atoms with van der Waals surface area (Å²) in [5.41, 5.74) is -1.09. The number of hydrogen-bond acceptors (Lipinski definition) is 12. The van der Waals surface area contributed by atoms with Crippen molar-refractivity contribution in [2.45, 2.75) is 331 Å². The molecule has 72 heavy (non-hydrogen) atoms. The van der Waals surface area contributed by atoms with E-state index in [4.69, 9.17) is 28.4 Å². The fraction of sp³-hybridized carbons (Fsp3) is 0.900. The lowest BCUT2D eigenvalue weighted by atomic mass is 9.65. The zero-order chi connectivity index (χ0) is 50.7. The maximum absolute atomic E-state index is 16.0. The highest BCUT2D eigenvalue weighted by atomic mass is 16.6. The first-order valence-electron chi connectivity index (χ1n) is 30.3. The van der Waals surface area contributed by atoms with Crippen molar-refractivity contribution in [3.05, 3.63) is 0 Å². The summed E-state index contributed by atoms with van der Waals surface area (Å²) in [6.45, 7) is 0. The van der Waals surface area contributed by atoms with Crippen molar-refractivity contribution in [1.82, 2.24) is 0 Å². The van der Waals surface area contributed by atoms with Gasteiger partial charge in [0, 0.05) is 32.1 Å². The molecule has 0 bridgehead atoms. The first-order valence-corrected chi connectivity index (χ1v) is 30.3. The molecule has 0 saturated carbocycles. The number of carbonyl (C=O) groups is 6. The average Bonchev–Trinajstić information content (AvgIpc) is 4.23. The van der Waals surface area contributed by atoms with Gasteiger partial charge in [-0.25, -0.2) is 0 Å². The van der Waals surface area contributed by atoms with E-state index in [1.165, 1.54) is 6.42 Å². The van der Waals surface area contributed by atoms with Gasteiger partial charge >= 0.3 is 35.8 Å². The number of unbranched alkanes of at least 4 members (excludes halogenated alkanes) is 15. The molecule has 0 aromatic rings. The largest absolute Gasteiger partial charge is 0.462 e. The quantitative estimate of drug-likeness (QED) is 0.0337. The molecule has 6 atom stereocenters. The number of rotatable bonds is 35. The van der Waals surface area contributed by atoms with E-state index in [1.807, 2.05) is 0 Å². The van der Waals surface area contributed by atoms with Gasteiger partial charge in [0.2, 0.25) is 0 Å². The summed E-state index contributed by atoms with van der Waals surface area (Å²) in [7, 11) is 0. The zero-order valence-corrected chi connectivity index (χ0v) is 44.9. The maximum atomic E-state index is 16.0. The van der Waals surface area contributed by atoms with Gasteiger partial charge in [-0.3, -0.25) is 28.8 Å². The number of ether oxygens (including phenoxy) is 6. The van der Waals surface area contributed by atoms with E-state index in [1.54, 1.807) is 0 Å². The van der Waals surface area contributed by atoms with Gasteiger partial charge in [-0.2, -0.15) is 0 Å². The summed E-state index contributed by atoms with van der Waals surface area (Å²) in [4.78, 5) is 74.9. The molecule has 0 aromatic heterocycles. The Morgan fingerprint density at radius 1 is 0.319 bits per heavy atom. The second kappa shape index (κ2) is 32.3. The Hall–Kier alpha value is -3.18. The number of cyclic esters (lactones) is 6. The van der Waals surface area contributed by atoms with Crippen LogP contribution in [0.3, 0.4) is 0 Å². The molecular formula is C60H98O12. The SMILES string of the molecule is O=C1CCC(CCCCCCC2CCCCCCC(CCCCCCC3CCC(=O)O3)(CCCCCCC3CCC(=O)O3)OC(=O)C2(CCCCCCC2CCC(=O)O2)CCCCCCC2CCC(=O)O2)O1. The van der Waals surface area contributed by atoms with Crippen LogP contribution in [0.4, 0.5) is 0 Å². The fourth-order valence-corrected chi connectivity index (χ4v) is 13.3. The van der Waals surface area contributed by atoms with Gasteiger partial charge in [-0.05, 0) is 166 Å². The van der Waals surface area contributed by atoms with Crippen LogP contribution in [0.15, 0.2) is 0 Å². The number of carbonyl (C=O) groups excluding carboxylic acids is 6. The Labute approximate surface area is 434 Å². The molecule has 0 N–H and O–H groups in total. The Morgan fingerprint density at radius 2 is 0.625 bits per heavy atom. The van der Waals surface area contributed by atoms with Crippen molar-refractivity contribution in [3.63, 3.8) is 0 Å². The van der Waals surface area contributed by atoms with Gasteiger partial charge in [0.25, 0.3) is 0 Å². The molecule has 0 aliphatic carbocycles. The standard InChI is InChI=1S/C60H98O12/c61-53-37-32-48(67-53)27-15-2-1-13-25-47-26-14-3-8-20-42-59(43-21-9-4-16-28-49-33-38-54(62)68-49,44-22-10-5-17-29-50-34-39-55(63)69-50)72-58(66)60(47,45-23-11-6-18-30-51-35-40-56(64)70-51)46-24-12-7-19-31-52-36-41-57(65)71-52/h47-52H,1-46H2. The third-order valence-corrected chi connectivity index (χ3v) is 17.7. The third-order valence-electron chi connectivity index (χ3n) is 17.7. The summed E-state index contributed by atoms with van der Waals surface area (Å²) in [6, 6.07) is 0. The van der Waals surface area contributed by atoms with Crippen LogP contribution in [0.1, 0.15) is 295 Å². The Kier molecular flexibility index (Phi) is 26.1. The van der Waals surface area contributed by atoms with Crippen LogP contribution in [0.5, 0.6) is 0 Å². The van der Waals surface area contributed by atoms with Crippen molar-refractivity contribution in [3.8, 4) is 0 Å². The molecule has 6 saturated heterocycles. The second-order valence-corrected chi connectivity index (χ2v) is 23.4. The van der Waals surface area contributed by atoms with Crippen LogP contribution in [0.2, 0.25) is 0 Å². The van der Waals surface area contributed by atoms with Crippen LogP contribution in [-0.4, -0.2) is 71.9 Å². The topological polar surface area (TPSA) is 158 Å². The van der Waals surface area contributed by atoms with Gasteiger partial charge in [-0.15, -0.1) is 0 Å². The fourth-order valence-electron chi connectivity index (χ4n) is 13.3. The molecule has 6 fully saturated rings. The van der Waals surface area contributed by atoms with E-state index in [2.05, 4.69) is 0 Å². The Morgan fingerprint density at radius 3 is 0.958 bits per heavy atom. The number of esters is 6. The molecule has 0 radical (unpaired) electrons. The number of hydrogen-bond donors (Lipinski definition) is 0. The first kappa shape index (κ1) is 58.1. The molecule has 6 aliphatic heterocycles. The van der Waals surface area contributed by atoms with Crippen molar-refractivity contribution in [1.29, 1.82) is 0 Å². The van der Waals surface area contributed by atoms with Gasteiger partial charge < -0.3 is 28.4 Å². The summed E-state index contributed by atoms with van der Waals surface area (Å²) in [5.74, 6) is -0.0361. The summed E-state index contributed by atoms with van der Waals surface area (Å²) >= 11 is 0. The molecular weight excluding hydrogens is 913 g/mol. The smallest absolute Gasteiger partial charge is 0.312 e. The van der Waals surface area contributed by atoms with Crippen molar-refractivity contribution >= 4 is 35.8 Å². The monoisotopic (exact) mass is 1010 g/mol. The van der Waals surface area contributed by atoms with E-state index >= 15 is 4.79 Å². The zero-order valence-electron chi connectivity index (χ0n) is 44.9. The molecule has 6 rings (SSSR count). The molecule has 0 spiro atoms. The molecule has 12 nitrogen and oxygen atoms in total. The van der Waals surface area contributed by atoms with Crippen LogP contribution >= 0.6 is 0 Å². The highest BCUT2D eigenvalue weighted by Gasteiger charge is 2.48. The van der Waals surface area contributed by atoms with E-state index in [9.17, 15) is 24.0 Å². The highest BCUT2D eigenvalue weighted by molar-refractivity contribution is 5.78. The Bertz CT molecular complexity index is 1570. The minimum atomic E-state index is -0.576. The molecule has 0 aromatic carbocycles. The summed E-state index contributed by atoms with van der Waals surface area (Å²) in [5, 5.41) is 0. The summed E-state index contributed by atoms with van der Waals surface area (Å²) in [6.07, 6.45) is 43.6. The normalized spacial score (nSPS) is 29.2. The second-order valence-electron chi connectivity index (χ2n) is 23.4. The third kappa shape index (κ3) is 20.9. The van der Waals surface area contributed by atoms with Crippen molar-refractivity contribution in [2.75, 3.05) is 0 Å². The van der Waals surface area contributed by atoms with E-state index in [0.717, 1.165) is 257 Å². The van der Waals surface area contributed by atoms with Gasteiger partial charge in [-0.1, -0.05) is 103 Å². The lowest BCUT2D eigenvalue weighted by molar-refractivity contribution is -0.182. The van der Waals surface area contributed by atoms with Crippen LogP contribution < -0.4 is 0 Å². The van der Waals surface area contributed by atoms with Crippen LogP contribution in [-0.2, 0) is 57.2 Å². The van der Waals surface area contributed by atoms with Crippen molar-refractivity contribution in [2.24, 2.45) is 11.3 Å². The maximum Gasteiger partial charge on any atom is 0.312 e. The summed E-state index contributed by atoms with van der Waals surface area (Å²) < 4.78 is 35.1. The van der Waals surface area contributed by atoms with Crippen LogP contribution in [0.25, 0.3) is 0 Å². The minimum absolute atomic E-state index is 0.0476. The Balaban J connectivity index is 1.17. The van der Waals surface area contributed by atoms with E-state index in [0.29, 0.717) is 32.1 Å². The minimum Gasteiger partial charge on any atom is -0.462 e. The molecule has 6 unspecified atom stereocenters. The van der Waals surface area contributed by atoms with Crippen LogP contribution in [0, 0.1) is 11.3 Å². The molecule has 6 aliphatic rings. The van der Waals surface area contributed by atoms with E-state index in [-0.39, 0.29) is 72.3 Å². The van der Waals surface area contributed by atoms with E-state index < -0.39 is 11.0 Å². The lowest BCUT2D eigenvalue weighted by Gasteiger charge is -2.43. The molecule has 0 amide bonds. The van der Waals surface area contributed by atoms with Crippen molar-refractivity contribution < 1.29 is 57.2 Å². The molecule has 410 valence electrons. The van der Waals surface area contributed by atoms with Gasteiger partial charge in [0.1, 0.15) is 36.1 Å². The molecule has 6 heterocycles. The average molecular weight is 1010 g/mol. The first-order chi connectivity index (χ1) is 35.1. The highest BCUT2D eigenvalue weighted by Crippen LogP contribution is 2.48.